The summed E-state index contributed by atoms with van der Waals surface area (Å²) in [5.74, 6) is -0.0500. The van der Waals surface area contributed by atoms with Gasteiger partial charge in [0.05, 0.1) is 0 Å². The summed E-state index contributed by atoms with van der Waals surface area (Å²) in [5.41, 5.74) is 0.622. The minimum absolute atomic E-state index is 0.0500. The third-order valence-corrected chi connectivity index (χ3v) is 2.93. The monoisotopic (exact) mass is 337 g/mol. The summed E-state index contributed by atoms with van der Waals surface area (Å²) in [6.07, 6.45) is 2.16. The van der Waals surface area contributed by atoms with E-state index in [2.05, 4.69) is 27.9 Å². The Bertz CT molecular complexity index is 330. The Morgan fingerprint density at radius 2 is 2.20 bits per heavy atom. The number of nitrogens with one attached hydrogen (secondary N) is 1. The number of carbonyl (C=O) groups is 1. The van der Waals surface area contributed by atoms with Crippen molar-refractivity contribution in [2.24, 2.45) is 0 Å². The van der Waals surface area contributed by atoms with Gasteiger partial charge in [-0.2, -0.15) is 0 Å². The second kappa shape index (κ2) is 7.06. The van der Waals surface area contributed by atoms with E-state index in [1.807, 2.05) is 0 Å². The van der Waals surface area contributed by atoms with E-state index in [-0.39, 0.29) is 5.91 Å². The Morgan fingerprint density at radius 3 is 2.87 bits per heavy atom. The maximum Gasteiger partial charge on any atom is 0.251 e. The van der Waals surface area contributed by atoms with Gasteiger partial charge in [-0.3, -0.25) is 4.79 Å². The molecule has 1 aromatic rings. The van der Waals surface area contributed by atoms with Gasteiger partial charge in [0.1, 0.15) is 0 Å². The van der Waals surface area contributed by atoms with Crippen LogP contribution in [0.15, 0.2) is 24.3 Å². The summed E-state index contributed by atoms with van der Waals surface area (Å²) >= 11 is 8.12. The number of hydrogen-bond acceptors (Lipinski definition) is 1. The van der Waals surface area contributed by atoms with Crippen LogP contribution in [0.5, 0.6) is 0 Å². The first-order valence-electron chi connectivity index (χ1n) is 4.84. The first-order chi connectivity index (χ1) is 7.24. The minimum atomic E-state index is -0.0500. The fourth-order valence-electron chi connectivity index (χ4n) is 1.15. The van der Waals surface area contributed by atoms with Gasteiger partial charge in [0.2, 0.25) is 0 Å². The molecule has 1 aromatic carbocycles. The van der Waals surface area contributed by atoms with E-state index < -0.39 is 0 Å². The number of carbonyl (C=O) groups excluding carboxylic acids is 1. The van der Waals surface area contributed by atoms with Crippen LogP contribution in [0.1, 0.15) is 23.2 Å². The van der Waals surface area contributed by atoms with E-state index in [4.69, 9.17) is 11.6 Å². The molecule has 0 saturated heterocycles. The Kier molecular flexibility index (Phi) is 6.02. The number of unbranched alkanes of at least 4 members (excludes halogenated alkanes) is 1. The molecule has 1 N–H and O–H groups in total. The lowest BCUT2D eigenvalue weighted by atomic mass is 10.2. The summed E-state index contributed by atoms with van der Waals surface area (Å²) in [4.78, 5) is 11.6. The molecule has 0 spiro atoms. The molecular formula is C11H13ClINO. The zero-order valence-corrected chi connectivity index (χ0v) is 11.2. The van der Waals surface area contributed by atoms with Crippen molar-refractivity contribution in [3.8, 4) is 0 Å². The average molecular weight is 338 g/mol. The van der Waals surface area contributed by atoms with Crippen molar-refractivity contribution in [1.29, 1.82) is 0 Å². The fraction of sp³-hybridized carbons (Fsp3) is 0.364. The van der Waals surface area contributed by atoms with E-state index >= 15 is 0 Å². The molecule has 0 aromatic heterocycles. The molecule has 0 aliphatic carbocycles. The molecule has 0 heterocycles. The Hall–Kier alpha value is -0.290. The Balaban J connectivity index is 2.40. The number of rotatable bonds is 5. The van der Waals surface area contributed by atoms with E-state index in [0.29, 0.717) is 10.6 Å². The SMILES string of the molecule is O=C(NCCCCI)c1cccc(Cl)c1. The van der Waals surface area contributed by atoms with Gasteiger partial charge in [-0.25, -0.2) is 0 Å². The molecule has 1 rings (SSSR count). The van der Waals surface area contributed by atoms with Crippen molar-refractivity contribution in [1.82, 2.24) is 5.32 Å². The third-order valence-electron chi connectivity index (χ3n) is 1.93. The second-order valence-corrected chi connectivity index (χ2v) is 4.68. The standard InChI is InChI=1S/C11H13ClINO/c12-10-5-3-4-9(8-10)11(15)14-7-2-1-6-13/h3-5,8H,1-2,6-7H2,(H,14,15). The van der Waals surface area contributed by atoms with Gasteiger partial charge < -0.3 is 5.32 Å². The van der Waals surface area contributed by atoms with Gasteiger partial charge in [-0.15, -0.1) is 0 Å². The summed E-state index contributed by atoms with van der Waals surface area (Å²) in [5, 5.41) is 3.45. The van der Waals surface area contributed by atoms with Gasteiger partial charge in [0.15, 0.2) is 0 Å². The molecule has 4 heteroatoms. The van der Waals surface area contributed by atoms with Crippen LogP contribution in [0.4, 0.5) is 0 Å². The highest BCUT2D eigenvalue weighted by Crippen LogP contribution is 2.10. The van der Waals surface area contributed by atoms with Gasteiger partial charge in [-0.05, 0) is 35.5 Å². The smallest absolute Gasteiger partial charge is 0.251 e. The van der Waals surface area contributed by atoms with Crippen LogP contribution < -0.4 is 5.32 Å². The highest BCUT2D eigenvalue weighted by molar-refractivity contribution is 14.1. The highest BCUT2D eigenvalue weighted by Gasteiger charge is 2.04. The molecule has 0 aliphatic rings. The number of benzene rings is 1. The number of amides is 1. The van der Waals surface area contributed by atoms with Crippen molar-refractivity contribution < 1.29 is 4.79 Å². The molecule has 0 saturated carbocycles. The van der Waals surface area contributed by atoms with Crippen molar-refractivity contribution >= 4 is 40.1 Å². The zero-order valence-electron chi connectivity index (χ0n) is 8.30. The first-order valence-corrected chi connectivity index (χ1v) is 6.74. The number of halogens is 2. The number of hydrogen-bond donors (Lipinski definition) is 1. The molecule has 0 radical (unpaired) electrons. The summed E-state index contributed by atoms with van der Waals surface area (Å²) in [6.45, 7) is 0.731. The molecular weight excluding hydrogens is 324 g/mol. The van der Waals surface area contributed by atoms with Gasteiger partial charge in [-0.1, -0.05) is 40.3 Å². The maximum absolute atomic E-state index is 11.6. The minimum Gasteiger partial charge on any atom is -0.352 e. The molecule has 0 fully saturated rings. The summed E-state index contributed by atoms with van der Waals surface area (Å²) in [6, 6.07) is 6.98. The Labute approximate surface area is 109 Å². The largest absolute Gasteiger partial charge is 0.352 e. The van der Waals surface area contributed by atoms with Crippen LogP contribution in [0, 0.1) is 0 Å². The summed E-state index contributed by atoms with van der Waals surface area (Å²) in [7, 11) is 0. The topological polar surface area (TPSA) is 29.1 Å². The molecule has 15 heavy (non-hydrogen) atoms. The van der Waals surface area contributed by atoms with Crippen LogP contribution in [0.25, 0.3) is 0 Å². The second-order valence-electron chi connectivity index (χ2n) is 3.16. The first kappa shape index (κ1) is 12.8. The molecule has 0 unspecified atom stereocenters. The van der Waals surface area contributed by atoms with Crippen molar-refractivity contribution in [2.75, 3.05) is 11.0 Å². The zero-order chi connectivity index (χ0) is 11.1. The predicted octanol–water partition coefficient (Wildman–Crippen LogP) is 3.29. The summed E-state index contributed by atoms with van der Waals surface area (Å²) < 4.78 is 1.13. The molecule has 1 amide bonds. The average Bonchev–Trinajstić information content (AvgIpc) is 2.24. The van der Waals surface area contributed by atoms with E-state index in [1.54, 1.807) is 24.3 Å². The van der Waals surface area contributed by atoms with E-state index in [0.717, 1.165) is 23.8 Å². The molecule has 82 valence electrons. The molecule has 0 bridgehead atoms. The lowest BCUT2D eigenvalue weighted by molar-refractivity contribution is 0.0953. The van der Waals surface area contributed by atoms with Crippen LogP contribution >= 0.6 is 34.2 Å². The van der Waals surface area contributed by atoms with Crippen molar-refractivity contribution in [3.05, 3.63) is 34.9 Å². The highest BCUT2D eigenvalue weighted by atomic mass is 127. The normalized spacial score (nSPS) is 10.0. The molecule has 2 nitrogen and oxygen atoms in total. The predicted molar refractivity (Wildman–Crippen MR) is 71.9 cm³/mol. The Morgan fingerprint density at radius 1 is 1.40 bits per heavy atom. The van der Waals surface area contributed by atoms with Gasteiger partial charge in [0.25, 0.3) is 5.91 Å². The molecule has 0 atom stereocenters. The van der Waals surface area contributed by atoms with Crippen molar-refractivity contribution in [3.63, 3.8) is 0 Å². The number of alkyl halides is 1. The quantitative estimate of drug-likeness (QED) is 0.499. The van der Waals surface area contributed by atoms with E-state index in [9.17, 15) is 4.79 Å². The molecule has 0 aliphatic heterocycles. The fourth-order valence-corrected chi connectivity index (χ4v) is 1.88. The van der Waals surface area contributed by atoms with Gasteiger partial charge in [0, 0.05) is 17.1 Å². The van der Waals surface area contributed by atoms with Crippen LogP contribution in [0.2, 0.25) is 5.02 Å². The van der Waals surface area contributed by atoms with E-state index in [1.165, 1.54) is 0 Å². The van der Waals surface area contributed by atoms with Crippen LogP contribution in [-0.2, 0) is 0 Å². The van der Waals surface area contributed by atoms with Crippen LogP contribution in [-0.4, -0.2) is 16.9 Å². The third kappa shape index (κ3) is 4.84. The van der Waals surface area contributed by atoms with Gasteiger partial charge >= 0.3 is 0 Å². The lowest BCUT2D eigenvalue weighted by Gasteiger charge is -2.04. The van der Waals surface area contributed by atoms with Crippen molar-refractivity contribution in [2.45, 2.75) is 12.8 Å². The maximum atomic E-state index is 11.6. The van der Waals surface area contributed by atoms with Crippen LogP contribution in [0.3, 0.4) is 0 Å². The lowest BCUT2D eigenvalue weighted by Crippen LogP contribution is -2.24.